The van der Waals surface area contributed by atoms with Crippen molar-refractivity contribution in [2.24, 2.45) is 0 Å². The van der Waals surface area contributed by atoms with Crippen LogP contribution < -0.4 is 10.1 Å². The lowest BCUT2D eigenvalue weighted by atomic mass is 10.0. The van der Waals surface area contributed by atoms with Gasteiger partial charge in [-0.05, 0) is 38.9 Å². The van der Waals surface area contributed by atoms with Gasteiger partial charge in [0.15, 0.2) is 5.75 Å². The highest BCUT2D eigenvalue weighted by Crippen LogP contribution is 2.31. The molecule has 2 aromatic rings. The van der Waals surface area contributed by atoms with Crippen LogP contribution in [0.25, 0.3) is 0 Å². The largest absolute Gasteiger partial charge is 0.493 e. The summed E-state index contributed by atoms with van der Waals surface area (Å²) in [5.74, 6) is 0.808. The monoisotopic (exact) mass is 288 g/mol. The first kappa shape index (κ1) is 15.5. The third kappa shape index (κ3) is 3.08. The molecule has 2 rings (SSSR count). The van der Waals surface area contributed by atoms with E-state index in [2.05, 4.69) is 35.3 Å². The number of aromatic nitrogens is 3. The zero-order valence-electron chi connectivity index (χ0n) is 13.5. The minimum atomic E-state index is 0.0282. The van der Waals surface area contributed by atoms with Crippen molar-refractivity contribution in [2.45, 2.75) is 40.3 Å². The van der Waals surface area contributed by atoms with E-state index in [1.165, 1.54) is 0 Å². The van der Waals surface area contributed by atoms with Crippen LogP contribution >= 0.6 is 0 Å². The molecule has 2 heterocycles. The number of hydrogen-bond donors (Lipinski definition) is 1. The van der Waals surface area contributed by atoms with E-state index < -0.39 is 0 Å². The van der Waals surface area contributed by atoms with Crippen LogP contribution in [0.1, 0.15) is 42.5 Å². The average Bonchev–Trinajstić information content (AvgIpc) is 2.88. The maximum absolute atomic E-state index is 5.50. The molecule has 0 saturated heterocycles. The van der Waals surface area contributed by atoms with Crippen LogP contribution in [0.4, 0.5) is 0 Å². The lowest BCUT2D eigenvalue weighted by Crippen LogP contribution is -2.26. The first-order chi connectivity index (χ1) is 10.1. The summed E-state index contributed by atoms with van der Waals surface area (Å²) in [5, 5.41) is 7.94. The highest BCUT2D eigenvalue weighted by Gasteiger charge is 2.24. The molecule has 0 radical (unpaired) electrons. The number of ether oxygens (including phenoxy) is 1. The van der Waals surface area contributed by atoms with E-state index in [9.17, 15) is 0 Å². The SMILES string of the molecule is CCNC(c1ccc(C)nc1C)c1c(OC)cnn1CC. The molecule has 0 aromatic carbocycles. The van der Waals surface area contributed by atoms with Gasteiger partial charge in [-0.3, -0.25) is 9.67 Å². The van der Waals surface area contributed by atoms with E-state index in [4.69, 9.17) is 4.74 Å². The normalized spacial score (nSPS) is 12.4. The fraction of sp³-hybridized carbons (Fsp3) is 0.500. The summed E-state index contributed by atoms with van der Waals surface area (Å²) in [7, 11) is 1.68. The molecule has 0 amide bonds. The summed E-state index contributed by atoms with van der Waals surface area (Å²) >= 11 is 0. The van der Waals surface area contributed by atoms with E-state index in [1.807, 2.05) is 24.6 Å². The molecule has 0 fully saturated rings. The molecule has 0 aliphatic carbocycles. The molecule has 0 spiro atoms. The molecule has 5 heteroatoms. The smallest absolute Gasteiger partial charge is 0.161 e. The highest BCUT2D eigenvalue weighted by molar-refractivity contribution is 5.38. The van der Waals surface area contributed by atoms with Crippen molar-refractivity contribution in [2.75, 3.05) is 13.7 Å². The minimum Gasteiger partial charge on any atom is -0.493 e. The van der Waals surface area contributed by atoms with Gasteiger partial charge < -0.3 is 10.1 Å². The molecular formula is C16H24N4O. The lowest BCUT2D eigenvalue weighted by molar-refractivity contribution is 0.399. The first-order valence-electron chi connectivity index (χ1n) is 7.39. The zero-order valence-corrected chi connectivity index (χ0v) is 13.5. The Hall–Kier alpha value is -1.88. The van der Waals surface area contributed by atoms with Crippen LogP contribution in [0.5, 0.6) is 5.75 Å². The second kappa shape index (κ2) is 6.72. The predicted octanol–water partition coefficient (Wildman–Crippen LogP) is 2.62. The number of nitrogens with one attached hydrogen (secondary N) is 1. The number of pyridine rings is 1. The maximum Gasteiger partial charge on any atom is 0.161 e. The van der Waals surface area contributed by atoms with Gasteiger partial charge in [-0.2, -0.15) is 5.10 Å². The topological polar surface area (TPSA) is 52.0 Å². The number of nitrogens with zero attached hydrogens (tertiary/aromatic N) is 3. The Kier molecular flexibility index (Phi) is 4.96. The van der Waals surface area contributed by atoms with Crippen LogP contribution in [0, 0.1) is 13.8 Å². The molecule has 1 N–H and O–H groups in total. The van der Waals surface area contributed by atoms with Crippen LogP contribution in [0.2, 0.25) is 0 Å². The van der Waals surface area contributed by atoms with Crippen molar-refractivity contribution >= 4 is 0 Å². The van der Waals surface area contributed by atoms with E-state index in [-0.39, 0.29) is 6.04 Å². The van der Waals surface area contributed by atoms with Crippen LogP contribution in [-0.4, -0.2) is 28.4 Å². The lowest BCUT2D eigenvalue weighted by Gasteiger charge is -2.22. The Bertz CT molecular complexity index is 585. The van der Waals surface area contributed by atoms with E-state index in [0.717, 1.165) is 41.5 Å². The predicted molar refractivity (Wildman–Crippen MR) is 83.7 cm³/mol. The second-order valence-electron chi connectivity index (χ2n) is 5.03. The molecule has 1 unspecified atom stereocenters. The summed E-state index contributed by atoms with van der Waals surface area (Å²) in [6, 6.07) is 4.21. The molecular weight excluding hydrogens is 264 g/mol. The average molecular weight is 288 g/mol. The van der Waals surface area contributed by atoms with Gasteiger partial charge in [-0.1, -0.05) is 13.0 Å². The van der Waals surface area contributed by atoms with Crippen molar-refractivity contribution in [1.82, 2.24) is 20.1 Å². The Morgan fingerprint density at radius 3 is 2.62 bits per heavy atom. The Morgan fingerprint density at radius 1 is 1.29 bits per heavy atom. The van der Waals surface area contributed by atoms with E-state index in [1.54, 1.807) is 13.3 Å². The quantitative estimate of drug-likeness (QED) is 0.888. The molecule has 21 heavy (non-hydrogen) atoms. The van der Waals surface area contributed by atoms with Crippen molar-refractivity contribution in [3.63, 3.8) is 0 Å². The molecule has 0 saturated carbocycles. The Morgan fingerprint density at radius 2 is 2.05 bits per heavy atom. The minimum absolute atomic E-state index is 0.0282. The van der Waals surface area contributed by atoms with Crippen molar-refractivity contribution < 1.29 is 4.74 Å². The van der Waals surface area contributed by atoms with Crippen molar-refractivity contribution in [3.05, 3.63) is 41.0 Å². The summed E-state index contributed by atoms with van der Waals surface area (Å²) in [6.07, 6.45) is 1.78. The van der Waals surface area contributed by atoms with Crippen LogP contribution in [0.15, 0.2) is 18.3 Å². The van der Waals surface area contributed by atoms with Crippen molar-refractivity contribution in [1.29, 1.82) is 0 Å². The van der Waals surface area contributed by atoms with E-state index in [0.29, 0.717) is 0 Å². The van der Waals surface area contributed by atoms with Gasteiger partial charge in [0.1, 0.15) is 5.69 Å². The van der Waals surface area contributed by atoms with E-state index >= 15 is 0 Å². The molecule has 0 bridgehead atoms. The number of rotatable bonds is 6. The van der Waals surface area contributed by atoms with Crippen molar-refractivity contribution in [3.8, 4) is 5.75 Å². The Labute approximate surface area is 126 Å². The van der Waals surface area contributed by atoms with Gasteiger partial charge >= 0.3 is 0 Å². The molecule has 2 aromatic heterocycles. The standard InChI is InChI=1S/C16H24N4O/c1-6-17-15(13-9-8-11(3)19-12(13)4)16-14(21-5)10-18-20(16)7-2/h8-10,15,17H,6-7H2,1-5H3. The van der Waals surface area contributed by atoms with Gasteiger partial charge in [-0.25, -0.2) is 0 Å². The summed E-state index contributed by atoms with van der Waals surface area (Å²) < 4.78 is 7.47. The molecule has 114 valence electrons. The van der Waals surface area contributed by atoms with Gasteiger partial charge in [0.25, 0.3) is 0 Å². The Balaban J connectivity index is 2.55. The van der Waals surface area contributed by atoms with Gasteiger partial charge in [0.05, 0.1) is 19.3 Å². The summed E-state index contributed by atoms with van der Waals surface area (Å²) in [5.41, 5.74) is 4.28. The van der Waals surface area contributed by atoms with Gasteiger partial charge in [0, 0.05) is 17.9 Å². The van der Waals surface area contributed by atoms with Gasteiger partial charge in [-0.15, -0.1) is 0 Å². The second-order valence-corrected chi connectivity index (χ2v) is 5.03. The summed E-state index contributed by atoms with van der Waals surface area (Å²) in [6.45, 7) is 9.90. The fourth-order valence-electron chi connectivity index (χ4n) is 2.64. The van der Waals surface area contributed by atoms with Crippen LogP contribution in [0.3, 0.4) is 0 Å². The van der Waals surface area contributed by atoms with Crippen LogP contribution in [-0.2, 0) is 6.54 Å². The first-order valence-corrected chi connectivity index (χ1v) is 7.39. The number of hydrogen-bond acceptors (Lipinski definition) is 4. The zero-order chi connectivity index (χ0) is 15.4. The molecule has 0 aliphatic rings. The third-order valence-electron chi connectivity index (χ3n) is 3.62. The number of methoxy groups -OCH3 is 1. The fourth-order valence-corrected chi connectivity index (χ4v) is 2.64. The molecule has 5 nitrogen and oxygen atoms in total. The summed E-state index contributed by atoms with van der Waals surface area (Å²) in [4.78, 5) is 4.59. The third-order valence-corrected chi connectivity index (χ3v) is 3.62. The molecule has 1 atom stereocenters. The maximum atomic E-state index is 5.50. The highest BCUT2D eigenvalue weighted by atomic mass is 16.5. The van der Waals surface area contributed by atoms with Gasteiger partial charge in [0.2, 0.25) is 0 Å². The molecule has 0 aliphatic heterocycles. The number of aryl methyl sites for hydroxylation is 3.